The van der Waals surface area contributed by atoms with Crippen LogP contribution in [0.3, 0.4) is 0 Å². The molecular weight excluding hydrogens is 262 g/mol. The number of amides is 1. The Hall–Kier alpha value is -2.15. The molecule has 0 aromatic carbocycles. The summed E-state index contributed by atoms with van der Waals surface area (Å²) < 4.78 is 5.21. The lowest BCUT2D eigenvalue weighted by Crippen LogP contribution is -2.43. The van der Waals surface area contributed by atoms with Crippen molar-refractivity contribution in [3.05, 3.63) is 23.9 Å². The van der Waals surface area contributed by atoms with Gasteiger partial charge in [-0.25, -0.2) is 4.98 Å². The second-order valence-corrected chi connectivity index (χ2v) is 4.82. The highest BCUT2D eigenvalue weighted by Crippen LogP contribution is 2.31. The molecule has 1 aromatic rings. The number of aliphatic carboxylic acids is 1. The molecule has 108 valence electrons. The molecule has 2 rings (SSSR count). The quantitative estimate of drug-likeness (QED) is 0.722. The summed E-state index contributed by atoms with van der Waals surface area (Å²) in [6.07, 6.45) is 2.37. The Morgan fingerprint density at radius 2 is 2.15 bits per heavy atom. The molecule has 0 aliphatic carbocycles. The second kappa shape index (κ2) is 5.87. The minimum atomic E-state index is -0.898. The number of ether oxygens (including phenoxy) is 1. The maximum absolute atomic E-state index is 11.5. The van der Waals surface area contributed by atoms with Crippen LogP contribution in [0, 0.1) is 5.41 Å². The predicted octanol–water partition coefficient (Wildman–Crippen LogP) is 0.474. The monoisotopic (exact) mass is 279 g/mol. The van der Waals surface area contributed by atoms with Crippen molar-refractivity contribution in [3.8, 4) is 0 Å². The van der Waals surface area contributed by atoms with Gasteiger partial charge in [-0.3, -0.25) is 9.59 Å². The van der Waals surface area contributed by atoms with Crippen LogP contribution in [-0.2, 0) is 9.53 Å². The highest BCUT2D eigenvalue weighted by atomic mass is 16.5. The van der Waals surface area contributed by atoms with Gasteiger partial charge in [-0.1, -0.05) is 0 Å². The molecule has 1 saturated heterocycles. The van der Waals surface area contributed by atoms with Gasteiger partial charge in [-0.15, -0.1) is 0 Å². The number of rotatable bonds is 5. The van der Waals surface area contributed by atoms with Crippen LogP contribution >= 0.6 is 0 Å². The van der Waals surface area contributed by atoms with Crippen LogP contribution in [0.25, 0.3) is 0 Å². The number of aromatic nitrogens is 1. The molecule has 0 saturated carbocycles. The first-order valence-electron chi connectivity index (χ1n) is 6.35. The molecule has 20 heavy (non-hydrogen) atoms. The number of hydrogen-bond acceptors (Lipinski definition) is 5. The molecule has 1 aliphatic rings. The van der Waals surface area contributed by atoms with E-state index in [1.54, 1.807) is 12.1 Å². The summed E-state index contributed by atoms with van der Waals surface area (Å²) in [5, 5.41) is 12.4. The van der Waals surface area contributed by atoms with E-state index in [0.717, 1.165) is 0 Å². The minimum Gasteiger partial charge on any atom is -0.481 e. The van der Waals surface area contributed by atoms with E-state index in [1.807, 2.05) is 0 Å². The van der Waals surface area contributed by atoms with Crippen molar-refractivity contribution in [2.45, 2.75) is 12.8 Å². The zero-order valence-corrected chi connectivity index (χ0v) is 11.0. The predicted molar refractivity (Wildman–Crippen MR) is 71.4 cm³/mol. The fraction of sp³-hybridized carbons (Fsp3) is 0.462. The Bertz CT molecular complexity index is 512. The number of carbonyl (C=O) groups excluding carboxylic acids is 1. The van der Waals surface area contributed by atoms with Crippen molar-refractivity contribution >= 4 is 17.7 Å². The van der Waals surface area contributed by atoms with E-state index in [4.69, 9.17) is 10.5 Å². The van der Waals surface area contributed by atoms with E-state index in [0.29, 0.717) is 31.9 Å². The third kappa shape index (κ3) is 2.88. The van der Waals surface area contributed by atoms with Crippen molar-refractivity contribution in [1.29, 1.82) is 0 Å². The summed E-state index contributed by atoms with van der Waals surface area (Å²) >= 11 is 0. The Morgan fingerprint density at radius 3 is 2.75 bits per heavy atom. The maximum atomic E-state index is 11.5. The average molecular weight is 279 g/mol. The third-order valence-corrected chi connectivity index (χ3v) is 3.57. The standard InChI is InChI=1S/C13H17N3O4/c14-10(17)9-2-1-5-15-11(9)16-8-13(12(18)19)3-6-20-7-4-13/h1-2,5H,3-4,6-8H2,(H2,14,17)(H,15,16)(H,18,19). The van der Waals surface area contributed by atoms with Gasteiger partial charge in [-0.05, 0) is 25.0 Å². The average Bonchev–Trinajstić information content (AvgIpc) is 2.46. The third-order valence-electron chi connectivity index (χ3n) is 3.57. The summed E-state index contributed by atoms with van der Waals surface area (Å²) in [5.74, 6) is -1.16. The number of anilines is 1. The minimum absolute atomic E-state index is 0.184. The summed E-state index contributed by atoms with van der Waals surface area (Å²) in [7, 11) is 0. The number of nitrogens with two attached hydrogens (primary N) is 1. The van der Waals surface area contributed by atoms with E-state index < -0.39 is 17.3 Å². The van der Waals surface area contributed by atoms with E-state index in [2.05, 4.69) is 10.3 Å². The zero-order chi connectivity index (χ0) is 14.6. The van der Waals surface area contributed by atoms with Crippen LogP contribution in [0.2, 0.25) is 0 Å². The first-order valence-corrected chi connectivity index (χ1v) is 6.35. The maximum Gasteiger partial charge on any atom is 0.311 e. The van der Waals surface area contributed by atoms with Gasteiger partial charge >= 0.3 is 5.97 Å². The molecule has 7 heteroatoms. The summed E-state index contributed by atoms with van der Waals surface area (Å²) in [5.41, 5.74) is 4.61. The zero-order valence-electron chi connectivity index (χ0n) is 11.0. The second-order valence-electron chi connectivity index (χ2n) is 4.82. The highest BCUT2D eigenvalue weighted by Gasteiger charge is 2.40. The molecule has 1 amide bonds. The molecule has 0 spiro atoms. The van der Waals surface area contributed by atoms with Crippen molar-refractivity contribution < 1.29 is 19.4 Å². The molecule has 0 bridgehead atoms. The Balaban J connectivity index is 2.14. The Morgan fingerprint density at radius 1 is 1.45 bits per heavy atom. The molecule has 0 atom stereocenters. The topological polar surface area (TPSA) is 115 Å². The summed E-state index contributed by atoms with van der Waals surface area (Å²) in [6.45, 7) is 1.01. The van der Waals surface area contributed by atoms with Gasteiger partial charge in [0.1, 0.15) is 5.82 Å². The fourth-order valence-corrected chi connectivity index (χ4v) is 2.23. The first-order chi connectivity index (χ1) is 9.55. The Kier molecular flexibility index (Phi) is 4.19. The number of primary amides is 1. The van der Waals surface area contributed by atoms with E-state index in [9.17, 15) is 14.7 Å². The molecule has 4 N–H and O–H groups in total. The number of pyridine rings is 1. The number of nitrogens with one attached hydrogen (secondary N) is 1. The van der Waals surface area contributed by atoms with Gasteiger partial charge in [0.25, 0.3) is 5.91 Å². The largest absolute Gasteiger partial charge is 0.481 e. The SMILES string of the molecule is NC(=O)c1cccnc1NCC1(C(=O)O)CCOCC1. The van der Waals surface area contributed by atoms with Crippen LogP contribution in [0.15, 0.2) is 18.3 Å². The van der Waals surface area contributed by atoms with Gasteiger partial charge in [0, 0.05) is 26.0 Å². The van der Waals surface area contributed by atoms with Gasteiger partial charge in [0.05, 0.1) is 11.0 Å². The molecule has 0 radical (unpaired) electrons. The molecule has 7 nitrogen and oxygen atoms in total. The Labute approximate surface area is 116 Å². The summed E-state index contributed by atoms with van der Waals surface area (Å²) in [4.78, 5) is 26.8. The lowest BCUT2D eigenvalue weighted by molar-refractivity contribution is -0.153. The smallest absolute Gasteiger partial charge is 0.311 e. The van der Waals surface area contributed by atoms with Crippen molar-refractivity contribution in [1.82, 2.24) is 4.98 Å². The van der Waals surface area contributed by atoms with Crippen molar-refractivity contribution in [2.24, 2.45) is 11.1 Å². The molecule has 1 aliphatic heterocycles. The van der Waals surface area contributed by atoms with E-state index in [-0.39, 0.29) is 12.1 Å². The van der Waals surface area contributed by atoms with Crippen LogP contribution in [0.4, 0.5) is 5.82 Å². The number of hydrogen-bond donors (Lipinski definition) is 3. The van der Waals surface area contributed by atoms with Gasteiger partial charge < -0.3 is 20.9 Å². The number of carboxylic acid groups (broad SMARTS) is 1. The van der Waals surface area contributed by atoms with Gasteiger partial charge in [0.15, 0.2) is 0 Å². The highest BCUT2D eigenvalue weighted by molar-refractivity contribution is 5.97. The van der Waals surface area contributed by atoms with Crippen LogP contribution in [-0.4, -0.2) is 41.7 Å². The number of carbonyl (C=O) groups is 2. The molecular formula is C13H17N3O4. The van der Waals surface area contributed by atoms with Gasteiger partial charge in [-0.2, -0.15) is 0 Å². The number of carboxylic acids is 1. The number of nitrogens with zero attached hydrogens (tertiary/aromatic N) is 1. The van der Waals surface area contributed by atoms with E-state index >= 15 is 0 Å². The van der Waals surface area contributed by atoms with E-state index in [1.165, 1.54) is 6.20 Å². The van der Waals surface area contributed by atoms with Crippen LogP contribution < -0.4 is 11.1 Å². The van der Waals surface area contributed by atoms with Crippen LogP contribution in [0.1, 0.15) is 23.2 Å². The van der Waals surface area contributed by atoms with Crippen LogP contribution in [0.5, 0.6) is 0 Å². The van der Waals surface area contributed by atoms with Gasteiger partial charge in [0.2, 0.25) is 0 Å². The first kappa shape index (κ1) is 14.3. The summed E-state index contributed by atoms with van der Waals surface area (Å²) in [6, 6.07) is 3.15. The lowest BCUT2D eigenvalue weighted by Gasteiger charge is -2.33. The van der Waals surface area contributed by atoms with Crippen molar-refractivity contribution in [3.63, 3.8) is 0 Å². The molecule has 2 heterocycles. The lowest BCUT2D eigenvalue weighted by atomic mass is 9.80. The molecule has 1 aromatic heterocycles. The fourth-order valence-electron chi connectivity index (χ4n) is 2.23. The molecule has 0 unspecified atom stereocenters. The molecule has 1 fully saturated rings. The normalized spacial score (nSPS) is 17.4. The van der Waals surface area contributed by atoms with Crippen molar-refractivity contribution in [2.75, 3.05) is 25.1 Å².